The number of nitrogens with zero attached hydrogens (tertiary/aromatic N) is 3. The minimum atomic E-state index is -4.07. The van der Waals surface area contributed by atoms with Crippen molar-refractivity contribution >= 4 is 27.3 Å². The maximum absolute atomic E-state index is 12.7. The van der Waals surface area contributed by atoms with Crippen molar-refractivity contribution in [2.24, 2.45) is 5.14 Å². The van der Waals surface area contributed by atoms with Crippen LogP contribution in [0.2, 0.25) is 0 Å². The summed E-state index contributed by atoms with van der Waals surface area (Å²) in [6.45, 7) is 6.39. The number of nitrogens with one attached hydrogen (secondary N) is 1. The summed E-state index contributed by atoms with van der Waals surface area (Å²) in [4.78, 5) is 14.9. The first-order chi connectivity index (χ1) is 16.2. The predicted molar refractivity (Wildman–Crippen MR) is 134 cm³/mol. The number of rotatable bonds is 7. The first-order valence-corrected chi connectivity index (χ1v) is 13.1. The van der Waals surface area contributed by atoms with E-state index in [4.69, 9.17) is 5.14 Å². The van der Waals surface area contributed by atoms with Gasteiger partial charge in [0.1, 0.15) is 4.90 Å². The average Bonchev–Trinajstić information content (AvgIpc) is 3.39. The standard InChI is InChI=1S/C25H31N5O3S/c1-4-19-7-5-6-8-20(19)13-25(31)28-21-11-12-23(24(14-21)34(26,32)33)29-16-22(15-27-29)30-17(2)9-10-18(30)3/h5-8,11-12,14-18H,4,9-10,13H2,1-3H3,(H,28,31)(H2,26,32,33). The van der Waals surface area contributed by atoms with Crippen molar-refractivity contribution in [3.8, 4) is 5.69 Å². The number of carbonyl (C=O) groups excluding carboxylic acids is 1. The zero-order valence-corrected chi connectivity index (χ0v) is 20.5. The van der Waals surface area contributed by atoms with Gasteiger partial charge in [-0.3, -0.25) is 4.79 Å². The fourth-order valence-electron chi connectivity index (χ4n) is 4.74. The molecule has 0 saturated carbocycles. The van der Waals surface area contributed by atoms with Crippen LogP contribution >= 0.6 is 0 Å². The molecular formula is C25H31N5O3S. The van der Waals surface area contributed by atoms with E-state index in [1.54, 1.807) is 18.3 Å². The Morgan fingerprint density at radius 2 is 1.79 bits per heavy atom. The normalized spacial score (nSPS) is 18.3. The molecule has 1 aromatic heterocycles. The van der Waals surface area contributed by atoms with Gasteiger partial charge < -0.3 is 10.2 Å². The van der Waals surface area contributed by atoms with Gasteiger partial charge in [0.25, 0.3) is 0 Å². The Hall–Kier alpha value is -3.17. The van der Waals surface area contributed by atoms with Crippen LogP contribution in [0.15, 0.2) is 59.8 Å². The zero-order chi connectivity index (χ0) is 24.5. The molecule has 3 N–H and O–H groups in total. The zero-order valence-electron chi connectivity index (χ0n) is 19.7. The summed E-state index contributed by atoms with van der Waals surface area (Å²) in [5.41, 5.74) is 3.68. The van der Waals surface area contributed by atoms with E-state index in [0.29, 0.717) is 23.5 Å². The van der Waals surface area contributed by atoms with Crippen molar-refractivity contribution in [1.29, 1.82) is 0 Å². The van der Waals surface area contributed by atoms with Crippen molar-refractivity contribution in [3.63, 3.8) is 0 Å². The largest absolute Gasteiger partial charge is 0.364 e. The van der Waals surface area contributed by atoms with Gasteiger partial charge in [-0.05, 0) is 62.4 Å². The lowest BCUT2D eigenvalue weighted by molar-refractivity contribution is -0.115. The van der Waals surface area contributed by atoms with Crippen LogP contribution in [-0.2, 0) is 27.7 Å². The van der Waals surface area contributed by atoms with E-state index in [1.165, 1.54) is 10.7 Å². The summed E-state index contributed by atoms with van der Waals surface area (Å²) in [5, 5.41) is 12.7. The van der Waals surface area contributed by atoms with Crippen LogP contribution in [0.1, 0.15) is 44.7 Å². The quantitative estimate of drug-likeness (QED) is 0.535. The summed E-state index contributed by atoms with van der Waals surface area (Å²) < 4.78 is 26.4. The van der Waals surface area contributed by atoms with E-state index >= 15 is 0 Å². The molecule has 1 aliphatic heterocycles. The highest BCUT2D eigenvalue weighted by Gasteiger charge is 2.28. The fraction of sp³-hybridized carbons (Fsp3) is 0.360. The van der Waals surface area contributed by atoms with Gasteiger partial charge in [-0.1, -0.05) is 31.2 Å². The summed E-state index contributed by atoms with van der Waals surface area (Å²) in [6, 6.07) is 13.2. The molecule has 2 unspecified atom stereocenters. The Morgan fingerprint density at radius 3 is 2.44 bits per heavy atom. The van der Waals surface area contributed by atoms with Crippen LogP contribution in [0.25, 0.3) is 5.69 Å². The molecule has 0 radical (unpaired) electrons. The first kappa shape index (κ1) is 24.0. The van der Waals surface area contributed by atoms with Crippen LogP contribution < -0.4 is 15.4 Å². The van der Waals surface area contributed by atoms with E-state index in [9.17, 15) is 13.2 Å². The molecule has 0 aliphatic carbocycles. The third-order valence-electron chi connectivity index (χ3n) is 6.47. The molecule has 9 heteroatoms. The molecule has 8 nitrogen and oxygen atoms in total. The highest BCUT2D eigenvalue weighted by atomic mass is 32.2. The van der Waals surface area contributed by atoms with Crippen molar-refractivity contribution in [1.82, 2.24) is 9.78 Å². The van der Waals surface area contributed by atoms with E-state index in [0.717, 1.165) is 36.1 Å². The van der Waals surface area contributed by atoms with E-state index < -0.39 is 10.0 Å². The minimum Gasteiger partial charge on any atom is -0.364 e. The first-order valence-electron chi connectivity index (χ1n) is 11.5. The molecular weight excluding hydrogens is 450 g/mol. The summed E-state index contributed by atoms with van der Waals surface area (Å²) in [5.74, 6) is -0.229. The molecule has 3 aromatic rings. The van der Waals surface area contributed by atoms with Crippen LogP contribution in [0.5, 0.6) is 0 Å². The van der Waals surface area contributed by atoms with E-state index in [2.05, 4.69) is 29.2 Å². The van der Waals surface area contributed by atoms with E-state index in [-0.39, 0.29) is 17.2 Å². The molecule has 1 amide bonds. The molecule has 1 fully saturated rings. The Kier molecular flexibility index (Phi) is 6.77. The lowest BCUT2D eigenvalue weighted by Crippen LogP contribution is -2.32. The van der Waals surface area contributed by atoms with Gasteiger partial charge in [-0.25, -0.2) is 18.2 Å². The van der Waals surface area contributed by atoms with Gasteiger partial charge in [0, 0.05) is 17.8 Å². The third kappa shape index (κ3) is 5.00. The molecule has 1 saturated heterocycles. The molecule has 2 aromatic carbocycles. The SMILES string of the molecule is CCc1ccccc1CC(=O)Nc1ccc(-n2cc(N3C(C)CCC3C)cn2)c(S(N)(=O)=O)c1. The number of aryl methyl sites for hydroxylation is 1. The van der Waals surface area contributed by atoms with Gasteiger partial charge in [0.15, 0.2) is 0 Å². The summed E-state index contributed by atoms with van der Waals surface area (Å²) >= 11 is 0. The van der Waals surface area contributed by atoms with Crippen LogP contribution in [-0.4, -0.2) is 36.2 Å². The molecule has 2 heterocycles. The molecule has 0 bridgehead atoms. The second-order valence-electron chi connectivity index (χ2n) is 8.90. The van der Waals surface area contributed by atoms with Gasteiger partial charge in [0.2, 0.25) is 15.9 Å². The molecule has 1 aliphatic rings. The summed E-state index contributed by atoms with van der Waals surface area (Å²) in [7, 11) is -4.07. The molecule has 2 atom stereocenters. The van der Waals surface area contributed by atoms with Crippen molar-refractivity contribution in [3.05, 3.63) is 66.0 Å². The Bertz CT molecular complexity index is 1290. The van der Waals surface area contributed by atoms with Crippen LogP contribution in [0.3, 0.4) is 0 Å². The molecule has 34 heavy (non-hydrogen) atoms. The van der Waals surface area contributed by atoms with Gasteiger partial charge >= 0.3 is 0 Å². The number of anilines is 2. The molecule has 0 spiro atoms. The lowest BCUT2D eigenvalue weighted by Gasteiger charge is -2.26. The topological polar surface area (TPSA) is 110 Å². The van der Waals surface area contributed by atoms with Crippen LogP contribution in [0.4, 0.5) is 11.4 Å². The number of benzene rings is 2. The highest BCUT2D eigenvalue weighted by molar-refractivity contribution is 7.89. The van der Waals surface area contributed by atoms with Crippen LogP contribution in [0, 0.1) is 0 Å². The number of amides is 1. The average molecular weight is 482 g/mol. The third-order valence-corrected chi connectivity index (χ3v) is 7.41. The Labute approximate surface area is 200 Å². The number of primary sulfonamides is 1. The molecule has 180 valence electrons. The predicted octanol–water partition coefficient (Wildman–Crippen LogP) is 3.64. The summed E-state index contributed by atoms with van der Waals surface area (Å²) in [6.07, 6.45) is 6.80. The molecule has 4 rings (SSSR count). The number of nitrogens with two attached hydrogens (primary N) is 1. The second kappa shape index (κ2) is 9.60. The monoisotopic (exact) mass is 481 g/mol. The van der Waals surface area contributed by atoms with Gasteiger partial charge in [-0.15, -0.1) is 0 Å². The maximum Gasteiger partial charge on any atom is 0.240 e. The lowest BCUT2D eigenvalue weighted by atomic mass is 10.0. The van der Waals surface area contributed by atoms with Gasteiger partial charge in [-0.2, -0.15) is 5.10 Å². The second-order valence-corrected chi connectivity index (χ2v) is 10.4. The number of carbonyl (C=O) groups is 1. The number of hydrogen-bond acceptors (Lipinski definition) is 5. The minimum absolute atomic E-state index is 0.101. The smallest absolute Gasteiger partial charge is 0.240 e. The van der Waals surface area contributed by atoms with Gasteiger partial charge in [0.05, 0.1) is 30.2 Å². The number of aromatic nitrogens is 2. The van der Waals surface area contributed by atoms with Crippen molar-refractivity contribution < 1.29 is 13.2 Å². The fourth-order valence-corrected chi connectivity index (χ4v) is 5.49. The Morgan fingerprint density at radius 1 is 1.12 bits per heavy atom. The number of sulfonamides is 1. The van der Waals surface area contributed by atoms with E-state index in [1.807, 2.05) is 37.4 Å². The Balaban J connectivity index is 1.60. The number of hydrogen-bond donors (Lipinski definition) is 2. The maximum atomic E-state index is 12.7. The van der Waals surface area contributed by atoms with Crippen molar-refractivity contribution in [2.45, 2.75) is 63.4 Å². The van der Waals surface area contributed by atoms with Crippen molar-refractivity contribution in [2.75, 3.05) is 10.2 Å². The highest BCUT2D eigenvalue weighted by Crippen LogP contribution is 2.31.